The maximum absolute atomic E-state index is 14.1. The third-order valence-electron chi connectivity index (χ3n) is 5.47. The van der Waals surface area contributed by atoms with E-state index in [1.54, 1.807) is 48.7 Å². The molecule has 0 saturated heterocycles. The van der Waals surface area contributed by atoms with Gasteiger partial charge in [-0.25, -0.2) is 9.18 Å². The molecule has 1 unspecified atom stereocenters. The highest BCUT2D eigenvalue weighted by Gasteiger charge is 2.25. The Morgan fingerprint density at radius 2 is 1.83 bits per heavy atom. The van der Waals surface area contributed by atoms with Gasteiger partial charge in [-0.1, -0.05) is 53.5 Å². The average molecular weight is 508 g/mol. The summed E-state index contributed by atoms with van der Waals surface area (Å²) < 4.78 is 14.1. The second kappa shape index (κ2) is 10.1. The first-order chi connectivity index (χ1) is 16.8. The molecule has 0 spiro atoms. The number of carbonyl (C=O) groups is 2. The molecule has 1 aromatic heterocycles. The summed E-state index contributed by atoms with van der Waals surface area (Å²) in [5.41, 5.74) is 2.55. The number of aromatic nitrogens is 1. The van der Waals surface area contributed by atoms with E-state index < -0.39 is 29.3 Å². The number of nitrogens with one attached hydrogen (secondary N) is 1. The Hall–Kier alpha value is -3.99. The number of carboxylic acids is 1. The van der Waals surface area contributed by atoms with E-state index in [0.29, 0.717) is 38.2 Å². The van der Waals surface area contributed by atoms with Gasteiger partial charge >= 0.3 is 5.97 Å². The molecule has 6 nitrogen and oxygen atoms in total. The molecule has 174 valence electrons. The Morgan fingerprint density at radius 1 is 1.06 bits per heavy atom. The Kier molecular flexibility index (Phi) is 6.97. The van der Waals surface area contributed by atoms with Crippen molar-refractivity contribution >= 4 is 46.0 Å². The number of rotatable bonds is 6. The van der Waals surface area contributed by atoms with Crippen LogP contribution in [0.4, 0.5) is 4.39 Å². The van der Waals surface area contributed by atoms with Crippen LogP contribution in [0.15, 0.2) is 66.9 Å². The highest BCUT2D eigenvalue weighted by Crippen LogP contribution is 2.34. The zero-order valence-electron chi connectivity index (χ0n) is 17.9. The maximum Gasteiger partial charge on any atom is 0.326 e. The Balaban J connectivity index is 1.71. The molecular formula is C26H16Cl2FN3O3. The SMILES string of the molecule is N#Cc1ccc(-c2ccc(CC(NC(=O)c3c(F)cccc3Cl)C(=O)O)c3cccnc23)c(Cl)c1. The fourth-order valence-electron chi connectivity index (χ4n) is 3.80. The number of carboxylic acid groups (broad SMARTS) is 1. The summed E-state index contributed by atoms with van der Waals surface area (Å²) in [6.07, 6.45) is 1.51. The van der Waals surface area contributed by atoms with Gasteiger partial charge in [0, 0.05) is 34.2 Å². The molecule has 4 rings (SSSR count). The number of hydrogen-bond donors (Lipinski definition) is 2. The van der Waals surface area contributed by atoms with E-state index >= 15 is 0 Å². The first-order valence-corrected chi connectivity index (χ1v) is 11.1. The summed E-state index contributed by atoms with van der Waals surface area (Å²) >= 11 is 12.4. The molecule has 0 aliphatic rings. The van der Waals surface area contributed by atoms with Gasteiger partial charge in [-0.3, -0.25) is 9.78 Å². The van der Waals surface area contributed by atoms with E-state index in [4.69, 9.17) is 28.5 Å². The van der Waals surface area contributed by atoms with Crippen LogP contribution in [-0.4, -0.2) is 28.0 Å². The molecule has 2 N–H and O–H groups in total. The fraction of sp³-hybridized carbons (Fsp3) is 0.0769. The van der Waals surface area contributed by atoms with Crippen molar-refractivity contribution in [2.24, 2.45) is 0 Å². The van der Waals surface area contributed by atoms with Crippen LogP contribution in [-0.2, 0) is 11.2 Å². The van der Waals surface area contributed by atoms with Crippen molar-refractivity contribution in [3.05, 3.63) is 99.4 Å². The van der Waals surface area contributed by atoms with Crippen LogP contribution in [0.25, 0.3) is 22.0 Å². The summed E-state index contributed by atoms with van der Waals surface area (Å²) in [7, 11) is 0. The second-order valence-corrected chi connectivity index (χ2v) is 8.46. The molecule has 0 aliphatic heterocycles. The highest BCUT2D eigenvalue weighted by atomic mass is 35.5. The van der Waals surface area contributed by atoms with Crippen LogP contribution in [0.2, 0.25) is 10.0 Å². The van der Waals surface area contributed by atoms with Gasteiger partial charge in [0.25, 0.3) is 5.91 Å². The quantitative estimate of drug-likeness (QED) is 0.351. The third-order valence-corrected chi connectivity index (χ3v) is 6.09. The molecule has 4 aromatic rings. The van der Waals surface area contributed by atoms with Crippen molar-refractivity contribution in [3.63, 3.8) is 0 Å². The lowest BCUT2D eigenvalue weighted by molar-refractivity contribution is -0.139. The number of carbonyl (C=O) groups excluding carboxylic acids is 1. The van der Waals surface area contributed by atoms with E-state index in [1.807, 2.05) is 6.07 Å². The Labute approximate surface area is 209 Å². The molecule has 0 saturated carbocycles. The number of nitrogens with zero attached hydrogens (tertiary/aromatic N) is 2. The van der Waals surface area contributed by atoms with Gasteiger partial charge in [0.05, 0.1) is 27.7 Å². The van der Waals surface area contributed by atoms with Crippen molar-refractivity contribution in [3.8, 4) is 17.2 Å². The summed E-state index contributed by atoms with van der Waals surface area (Å²) in [5, 5.41) is 22.1. The number of pyridine rings is 1. The van der Waals surface area contributed by atoms with Crippen LogP contribution < -0.4 is 5.32 Å². The van der Waals surface area contributed by atoms with Gasteiger partial charge in [0.2, 0.25) is 0 Å². The van der Waals surface area contributed by atoms with Crippen LogP contribution in [0.3, 0.4) is 0 Å². The molecule has 9 heteroatoms. The van der Waals surface area contributed by atoms with Gasteiger partial charge in [-0.05, 0) is 35.9 Å². The number of benzene rings is 3. The van der Waals surface area contributed by atoms with Gasteiger partial charge in [0.1, 0.15) is 11.9 Å². The minimum atomic E-state index is -1.36. The summed E-state index contributed by atoms with van der Waals surface area (Å²) in [5.74, 6) is -3.07. The van der Waals surface area contributed by atoms with Crippen LogP contribution >= 0.6 is 23.2 Å². The standard InChI is InChI=1S/C26H16Cl2FN3O3/c27-19-4-1-5-21(29)23(19)25(33)32-22(26(34)35)12-15-7-9-18(24-16(15)3-2-10-31-24)17-8-6-14(13-30)11-20(17)28/h1-11,22H,12H2,(H,32,33)(H,34,35). The lowest BCUT2D eigenvalue weighted by Crippen LogP contribution is -2.42. The number of fused-ring (bicyclic) bond motifs is 1. The van der Waals surface area contributed by atoms with Crippen LogP contribution in [0, 0.1) is 17.1 Å². The van der Waals surface area contributed by atoms with Crippen LogP contribution in [0.1, 0.15) is 21.5 Å². The van der Waals surface area contributed by atoms with E-state index in [0.717, 1.165) is 6.07 Å². The maximum atomic E-state index is 14.1. The molecule has 1 heterocycles. The Morgan fingerprint density at radius 3 is 2.51 bits per heavy atom. The zero-order chi connectivity index (χ0) is 25.1. The molecule has 0 bridgehead atoms. The molecule has 3 aromatic carbocycles. The normalized spacial score (nSPS) is 11.6. The van der Waals surface area contributed by atoms with Gasteiger partial charge < -0.3 is 10.4 Å². The molecule has 35 heavy (non-hydrogen) atoms. The third kappa shape index (κ3) is 4.94. The van der Waals surface area contributed by atoms with E-state index in [1.165, 1.54) is 12.1 Å². The fourth-order valence-corrected chi connectivity index (χ4v) is 4.33. The first kappa shape index (κ1) is 24.1. The van der Waals surface area contributed by atoms with Gasteiger partial charge in [-0.2, -0.15) is 5.26 Å². The van der Waals surface area contributed by atoms with Crippen molar-refractivity contribution in [1.29, 1.82) is 5.26 Å². The minimum absolute atomic E-state index is 0.0866. The van der Waals surface area contributed by atoms with Gasteiger partial charge in [-0.15, -0.1) is 0 Å². The smallest absolute Gasteiger partial charge is 0.326 e. The second-order valence-electron chi connectivity index (χ2n) is 7.64. The van der Waals surface area contributed by atoms with E-state index in [9.17, 15) is 19.1 Å². The number of nitriles is 1. The molecule has 0 radical (unpaired) electrons. The lowest BCUT2D eigenvalue weighted by atomic mass is 9.94. The topological polar surface area (TPSA) is 103 Å². The average Bonchev–Trinajstić information content (AvgIpc) is 2.83. The first-order valence-electron chi connectivity index (χ1n) is 10.3. The largest absolute Gasteiger partial charge is 0.480 e. The van der Waals surface area contributed by atoms with Crippen molar-refractivity contribution in [1.82, 2.24) is 10.3 Å². The van der Waals surface area contributed by atoms with Gasteiger partial charge in [0.15, 0.2) is 0 Å². The van der Waals surface area contributed by atoms with Crippen molar-refractivity contribution in [2.75, 3.05) is 0 Å². The number of aliphatic carboxylic acids is 1. The van der Waals surface area contributed by atoms with E-state index in [-0.39, 0.29) is 11.4 Å². The number of amides is 1. The predicted octanol–water partition coefficient (Wildman–Crippen LogP) is 5.65. The number of hydrogen-bond acceptors (Lipinski definition) is 4. The minimum Gasteiger partial charge on any atom is -0.480 e. The molecule has 1 amide bonds. The zero-order valence-corrected chi connectivity index (χ0v) is 19.4. The summed E-state index contributed by atoms with van der Waals surface area (Å²) in [6.45, 7) is 0. The Bertz CT molecular complexity index is 1500. The van der Waals surface area contributed by atoms with Crippen LogP contribution in [0.5, 0.6) is 0 Å². The van der Waals surface area contributed by atoms with Crippen molar-refractivity contribution < 1.29 is 19.1 Å². The summed E-state index contributed by atoms with van der Waals surface area (Å²) in [4.78, 5) is 29.1. The molecule has 1 atom stereocenters. The van der Waals surface area contributed by atoms with Crippen molar-refractivity contribution in [2.45, 2.75) is 12.5 Å². The number of halogens is 3. The highest BCUT2D eigenvalue weighted by molar-refractivity contribution is 6.34. The summed E-state index contributed by atoms with van der Waals surface area (Å²) in [6, 6.07) is 16.4. The molecular weight excluding hydrogens is 492 g/mol. The predicted molar refractivity (Wildman–Crippen MR) is 131 cm³/mol. The lowest BCUT2D eigenvalue weighted by Gasteiger charge is -2.18. The van der Waals surface area contributed by atoms with E-state index in [2.05, 4.69) is 10.3 Å². The molecule has 0 aliphatic carbocycles. The monoisotopic (exact) mass is 507 g/mol. The molecule has 0 fully saturated rings.